The molecule has 122 valence electrons. The molecule has 3 N–H and O–H groups in total. The lowest BCUT2D eigenvalue weighted by Gasteiger charge is -2.21. The molecular formula is C17H23N5O. The van der Waals surface area contributed by atoms with Gasteiger partial charge in [0.05, 0.1) is 0 Å². The summed E-state index contributed by atoms with van der Waals surface area (Å²) in [5.41, 5.74) is 1.50. The molecule has 0 aliphatic carbocycles. The van der Waals surface area contributed by atoms with Crippen LogP contribution in [-0.2, 0) is 4.79 Å². The molecule has 0 aliphatic rings. The van der Waals surface area contributed by atoms with E-state index in [0.717, 1.165) is 17.2 Å². The van der Waals surface area contributed by atoms with E-state index in [1.54, 1.807) is 0 Å². The fourth-order valence-electron chi connectivity index (χ4n) is 2.11. The van der Waals surface area contributed by atoms with Crippen LogP contribution in [0.2, 0.25) is 0 Å². The van der Waals surface area contributed by atoms with Gasteiger partial charge >= 0.3 is 0 Å². The fraction of sp³-hybridized carbons (Fsp3) is 0.353. The molecule has 0 bridgehead atoms. The number of nitrogens with zero attached hydrogens (tertiary/aromatic N) is 2. The van der Waals surface area contributed by atoms with Gasteiger partial charge in [-0.15, -0.1) is 0 Å². The van der Waals surface area contributed by atoms with Gasteiger partial charge in [0.25, 0.3) is 0 Å². The lowest BCUT2D eigenvalue weighted by Crippen LogP contribution is -2.26. The lowest BCUT2D eigenvalue weighted by molar-refractivity contribution is -0.114. The molecule has 2 aromatic rings. The number of amides is 1. The number of rotatable bonds is 4. The van der Waals surface area contributed by atoms with Crippen molar-refractivity contribution in [3.63, 3.8) is 0 Å². The van der Waals surface area contributed by atoms with Gasteiger partial charge in [-0.1, -0.05) is 6.07 Å². The first-order valence-electron chi connectivity index (χ1n) is 7.50. The Morgan fingerprint density at radius 1 is 1.04 bits per heavy atom. The van der Waals surface area contributed by atoms with Gasteiger partial charge in [0.15, 0.2) is 0 Å². The highest BCUT2D eigenvalue weighted by atomic mass is 16.1. The third kappa shape index (κ3) is 5.58. The topological polar surface area (TPSA) is 78.9 Å². The van der Waals surface area contributed by atoms with Crippen molar-refractivity contribution in [2.45, 2.75) is 40.2 Å². The molecule has 0 saturated carbocycles. The molecule has 0 aliphatic heterocycles. The van der Waals surface area contributed by atoms with Crippen LogP contribution >= 0.6 is 0 Å². The highest BCUT2D eigenvalue weighted by molar-refractivity contribution is 5.89. The standard InChI is InChI=1S/C17H23N5O/c1-11-18-15(10-16(19-11)22-17(3,4)5)21-14-8-6-7-13(9-14)20-12(2)23/h6-10H,1-5H3,(H,20,23)(H2,18,19,21,22). The van der Waals surface area contributed by atoms with Crippen LogP contribution in [0.15, 0.2) is 30.3 Å². The number of aryl methyl sites for hydroxylation is 1. The van der Waals surface area contributed by atoms with Gasteiger partial charge < -0.3 is 16.0 Å². The summed E-state index contributed by atoms with van der Waals surface area (Å²) in [4.78, 5) is 19.9. The van der Waals surface area contributed by atoms with Crippen LogP contribution in [0, 0.1) is 6.92 Å². The van der Waals surface area contributed by atoms with Crippen LogP contribution in [0.3, 0.4) is 0 Å². The summed E-state index contributed by atoms with van der Waals surface area (Å²) in [6, 6.07) is 9.35. The first kappa shape index (κ1) is 16.7. The Labute approximate surface area is 136 Å². The zero-order chi connectivity index (χ0) is 17.0. The third-order valence-electron chi connectivity index (χ3n) is 2.80. The summed E-state index contributed by atoms with van der Waals surface area (Å²) in [6.45, 7) is 9.57. The molecular weight excluding hydrogens is 290 g/mol. The van der Waals surface area contributed by atoms with E-state index in [1.165, 1.54) is 6.92 Å². The molecule has 1 aromatic heterocycles. The smallest absolute Gasteiger partial charge is 0.221 e. The maximum atomic E-state index is 11.1. The Balaban J connectivity index is 2.21. The maximum Gasteiger partial charge on any atom is 0.221 e. The molecule has 6 nitrogen and oxygen atoms in total. The maximum absolute atomic E-state index is 11.1. The minimum atomic E-state index is -0.100. The number of benzene rings is 1. The van der Waals surface area contributed by atoms with Crippen LogP contribution in [0.5, 0.6) is 0 Å². The van der Waals surface area contributed by atoms with E-state index < -0.39 is 0 Å². The van der Waals surface area contributed by atoms with Gasteiger partial charge in [0.2, 0.25) is 5.91 Å². The Hall–Kier alpha value is -2.63. The third-order valence-corrected chi connectivity index (χ3v) is 2.80. The molecule has 1 aromatic carbocycles. The van der Waals surface area contributed by atoms with Crippen LogP contribution in [-0.4, -0.2) is 21.4 Å². The van der Waals surface area contributed by atoms with Crippen molar-refractivity contribution in [1.82, 2.24) is 9.97 Å². The SMILES string of the molecule is CC(=O)Nc1cccc(Nc2cc(NC(C)(C)C)nc(C)n2)c1. The average Bonchev–Trinajstić information content (AvgIpc) is 2.35. The fourth-order valence-corrected chi connectivity index (χ4v) is 2.11. The van der Waals surface area contributed by atoms with Crippen molar-refractivity contribution in [1.29, 1.82) is 0 Å². The minimum absolute atomic E-state index is 0.0800. The number of hydrogen-bond donors (Lipinski definition) is 3. The first-order chi connectivity index (χ1) is 10.7. The van der Waals surface area contributed by atoms with E-state index in [-0.39, 0.29) is 11.4 Å². The van der Waals surface area contributed by atoms with Crippen molar-refractivity contribution in [3.8, 4) is 0 Å². The van der Waals surface area contributed by atoms with Crippen molar-refractivity contribution >= 4 is 28.9 Å². The van der Waals surface area contributed by atoms with Gasteiger partial charge in [-0.05, 0) is 45.9 Å². The molecule has 0 atom stereocenters. The predicted octanol–water partition coefficient (Wildman–Crippen LogP) is 3.70. The Morgan fingerprint density at radius 3 is 2.35 bits per heavy atom. The second-order valence-electron chi connectivity index (χ2n) is 6.45. The van der Waals surface area contributed by atoms with Crippen LogP contribution in [0.4, 0.5) is 23.0 Å². The summed E-state index contributed by atoms with van der Waals surface area (Å²) in [6.07, 6.45) is 0. The average molecular weight is 313 g/mol. The second-order valence-corrected chi connectivity index (χ2v) is 6.45. The number of anilines is 4. The van der Waals surface area contributed by atoms with Crippen molar-refractivity contribution in [2.24, 2.45) is 0 Å². The molecule has 0 saturated heterocycles. The molecule has 2 rings (SSSR count). The summed E-state index contributed by atoms with van der Waals surface area (Å²) in [5, 5.41) is 9.34. The highest BCUT2D eigenvalue weighted by Gasteiger charge is 2.11. The number of hydrogen-bond acceptors (Lipinski definition) is 5. The summed E-state index contributed by atoms with van der Waals surface area (Å²) < 4.78 is 0. The van der Waals surface area contributed by atoms with Crippen molar-refractivity contribution < 1.29 is 4.79 Å². The molecule has 0 radical (unpaired) electrons. The molecule has 1 heterocycles. The van der Waals surface area contributed by atoms with E-state index in [0.29, 0.717) is 11.6 Å². The molecule has 0 unspecified atom stereocenters. The molecule has 0 spiro atoms. The van der Waals surface area contributed by atoms with Gasteiger partial charge in [-0.2, -0.15) is 0 Å². The first-order valence-corrected chi connectivity index (χ1v) is 7.50. The Morgan fingerprint density at radius 2 is 1.70 bits per heavy atom. The van der Waals surface area contributed by atoms with Gasteiger partial charge in [0.1, 0.15) is 17.5 Å². The summed E-state index contributed by atoms with van der Waals surface area (Å²) in [7, 11) is 0. The summed E-state index contributed by atoms with van der Waals surface area (Å²) >= 11 is 0. The number of carbonyl (C=O) groups excluding carboxylic acids is 1. The monoisotopic (exact) mass is 313 g/mol. The quantitative estimate of drug-likeness (QED) is 0.802. The predicted molar refractivity (Wildman–Crippen MR) is 94.2 cm³/mol. The largest absolute Gasteiger partial charge is 0.365 e. The van der Waals surface area contributed by atoms with E-state index in [1.807, 2.05) is 37.3 Å². The van der Waals surface area contributed by atoms with Gasteiger partial charge in [-0.25, -0.2) is 9.97 Å². The minimum Gasteiger partial charge on any atom is -0.365 e. The van der Waals surface area contributed by atoms with Crippen LogP contribution in [0.25, 0.3) is 0 Å². The lowest BCUT2D eigenvalue weighted by atomic mass is 10.1. The summed E-state index contributed by atoms with van der Waals surface area (Å²) in [5.74, 6) is 2.05. The van der Waals surface area contributed by atoms with Crippen molar-refractivity contribution in [3.05, 3.63) is 36.2 Å². The Bertz CT molecular complexity index is 706. The van der Waals surface area contributed by atoms with E-state index in [9.17, 15) is 4.79 Å². The number of carbonyl (C=O) groups is 1. The molecule has 1 amide bonds. The Kier molecular flexibility index (Phi) is 4.83. The highest BCUT2D eigenvalue weighted by Crippen LogP contribution is 2.21. The zero-order valence-corrected chi connectivity index (χ0v) is 14.2. The number of aromatic nitrogens is 2. The van der Waals surface area contributed by atoms with E-state index in [4.69, 9.17) is 0 Å². The van der Waals surface area contributed by atoms with E-state index >= 15 is 0 Å². The molecule has 0 fully saturated rings. The van der Waals surface area contributed by atoms with Crippen molar-refractivity contribution in [2.75, 3.05) is 16.0 Å². The van der Waals surface area contributed by atoms with Gasteiger partial charge in [0, 0.05) is 29.9 Å². The van der Waals surface area contributed by atoms with Crippen LogP contribution < -0.4 is 16.0 Å². The molecule has 23 heavy (non-hydrogen) atoms. The van der Waals surface area contributed by atoms with Crippen LogP contribution in [0.1, 0.15) is 33.5 Å². The van der Waals surface area contributed by atoms with E-state index in [2.05, 4.69) is 46.7 Å². The number of nitrogens with one attached hydrogen (secondary N) is 3. The molecule has 6 heteroatoms. The zero-order valence-electron chi connectivity index (χ0n) is 14.2. The normalized spacial score (nSPS) is 11.0. The van der Waals surface area contributed by atoms with Gasteiger partial charge in [-0.3, -0.25) is 4.79 Å². The second kappa shape index (κ2) is 6.64.